The Balaban J connectivity index is 2.05. The molecular formula is C12H17N4O8P. The summed E-state index contributed by atoms with van der Waals surface area (Å²) in [6.45, 7) is -0.519. The van der Waals surface area contributed by atoms with Crippen molar-refractivity contribution in [1.82, 2.24) is 18.7 Å². The molecule has 0 spiro atoms. The normalized spacial score (nSPS) is 24.3. The lowest BCUT2D eigenvalue weighted by Gasteiger charge is -2.16. The summed E-state index contributed by atoms with van der Waals surface area (Å²) in [4.78, 5) is 46.2. The molecule has 0 amide bonds. The largest absolute Gasteiger partial charge is 0.469 e. The van der Waals surface area contributed by atoms with Crippen LogP contribution >= 0.6 is 7.82 Å². The Morgan fingerprint density at radius 2 is 2.04 bits per heavy atom. The first-order valence-electron chi connectivity index (χ1n) is 7.27. The number of imidazole rings is 1. The second-order valence-corrected chi connectivity index (χ2v) is 6.90. The van der Waals surface area contributed by atoms with Crippen molar-refractivity contribution >= 4 is 19.0 Å². The fourth-order valence-corrected chi connectivity index (χ4v) is 3.51. The van der Waals surface area contributed by atoms with E-state index in [4.69, 9.17) is 14.5 Å². The summed E-state index contributed by atoms with van der Waals surface area (Å²) >= 11 is 0. The van der Waals surface area contributed by atoms with Crippen molar-refractivity contribution in [1.29, 1.82) is 0 Å². The molecule has 25 heavy (non-hydrogen) atoms. The van der Waals surface area contributed by atoms with Crippen LogP contribution in [0.1, 0.15) is 12.6 Å². The number of hydrogen-bond acceptors (Lipinski definition) is 7. The number of aliphatic hydroxyl groups excluding tert-OH is 1. The van der Waals surface area contributed by atoms with E-state index < -0.39 is 44.1 Å². The molecule has 13 heteroatoms. The molecule has 3 atom stereocenters. The fraction of sp³-hybridized carbons (Fsp3) is 0.583. The zero-order chi connectivity index (χ0) is 18.5. The maximum atomic E-state index is 12.2. The molecule has 1 aliphatic heterocycles. The van der Waals surface area contributed by atoms with E-state index in [-0.39, 0.29) is 17.6 Å². The van der Waals surface area contributed by atoms with Gasteiger partial charge in [-0.1, -0.05) is 0 Å². The van der Waals surface area contributed by atoms with Crippen molar-refractivity contribution < 1.29 is 28.7 Å². The maximum absolute atomic E-state index is 12.2. The van der Waals surface area contributed by atoms with Crippen molar-refractivity contribution in [3.05, 3.63) is 27.2 Å². The number of fused-ring (bicyclic) bond motifs is 1. The molecular weight excluding hydrogens is 359 g/mol. The van der Waals surface area contributed by atoms with Gasteiger partial charge in [-0.2, -0.15) is 0 Å². The first kappa shape index (κ1) is 18.0. The molecule has 1 fully saturated rings. The molecule has 0 aromatic carbocycles. The van der Waals surface area contributed by atoms with Gasteiger partial charge in [-0.15, -0.1) is 0 Å². The molecule has 0 bridgehead atoms. The number of phosphoric acid groups is 1. The molecule has 2 aromatic rings. The van der Waals surface area contributed by atoms with Crippen LogP contribution in [0.3, 0.4) is 0 Å². The van der Waals surface area contributed by atoms with Gasteiger partial charge in [-0.3, -0.25) is 23.0 Å². The van der Waals surface area contributed by atoms with Gasteiger partial charge in [0.2, 0.25) is 0 Å². The van der Waals surface area contributed by atoms with Crippen molar-refractivity contribution in [2.75, 3.05) is 6.61 Å². The SMILES string of the molecule is Cn1c(=O)c2ncn([C@H]3C[C@H](OP(=O)(O)O)[C@@H](CO)O3)c2n(C)c1=O. The molecule has 0 radical (unpaired) electrons. The lowest BCUT2D eigenvalue weighted by Crippen LogP contribution is -2.37. The standard InChI is InChI=1S/C12H17N4O8P/c1-14-10-9(11(18)15(2)12(14)19)13-5-16(10)8-3-6(7(4-17)23-8)24-25(20,21)22/h5-8,17H,3-4H2,1-2H3,(H2,20,21,22)/t6-,7+,8+/m0/s1. The zero-order valence-corrected chi connectivity index (χ0v) is 14.2. The Morgan fingerprint density at radius 3 is 2.64 bits per heavy atom. The van der Waals surface area contributed by atoms with E-state index in [2.05, 4.69) is 9.51 Å². The number of aliphatic hydroxyl groups is 1. The number of hydrogen-bond donors (Lipinski definition) is 3. The Morgan fingerprint density at radius 1 is 1.36 bits per heavy atom. The number of aromatic nitrogens is 4. The second kappa shape index (κ2) is 6.16. The second-order valence-electron chi connectivity index (χ2n) is 5.71. The monoisotopic (exact) mass is 376 g/mol. The van der Waals surface area contributed by atoms with Gasteiger partial charge >= 0.3 is 13.5 Å². The quantitative estimate of drug-likeness (QED) is 0.523. The van der Waals surface area contributed by atoms with E-state index in [1.807, 2.05) is 0 Å². The number of phosphoric ester groups is 1. The van der Waals surface area contributed by atoms with Gasteiger partial charge < -0.3 is 19.6 Å². The topological polar surface area (TPSA) is 158 Å². The smallest absolute Gasteiger partial charge is 0.394 e. The van der Waals surface area contributed by atoms with Crippen molar-refractivity contribution in [3.63, 3.8) is 0 Å². The predicted octanol–water partition coefficient (Wildman–Crippen LogP) is -1.81. The van der Waals surface area contributed by atoms with Gasteiger partial charge in [-0.25, -0.2) is 14.3 Å². The number of nitrogens with zero attached hydrogens (tertiary/aromatic N) is 4. The third-order valence-electron chi connectivity index (χ3n) is 4.11. The van der Waals surface area contributed by atoms with Gasteiger partial charge in [-0.05, 0) is 0 Å². The van der Waals surface area contributed by atoms with E-state index >= 15 is 0 Å². The van der Waals surface area contributed by atoms with Crippen LogP contribution in [0.2, 0.25) is 0 Å². The third kappa shape index (κ3) is 3.08. The van der Waals surface area contributed by atoms with Crippen LogP contribution in [0.25, 0.3) is 11.2 Å². The summed E-state index contributed by atoms with van der Waals surface area (Å²) in [5.41, 5.74) is -0.879. The predicted molar refractivity (Wildman–Crippen MR) is 82.7 cm³/mol. The highest BCUT2D eigenvalue weighted by Gasteiger charge is 2.41. The highest BCUT2D eigenvalue weighted by Crippen LogP contribution is 2.43. The molecule has 138 valence electrons. The Labute approximate surface area is 140 Å². The van der Waals surface area contributed by atoms with Crippen LogP contribution in [0.5, 0.6) is 0 Å². The zero-order valence-electron chi connectivity index (χ0n) is 13.3. The fourth-order valence-electron chi connectivity index (χ4n) is 2.93. The van der Waals surface area contributed by atoms with Crippen LogP contribution in [0.4, 0.5) is 0 Å². The molecule has 3 heterocycles. The molecule has 0 unspecified atom stereocenters. The Hall–Kier alpha value is -1.82. The summed E-state index contributed by atoms with van der Waals surface area (Å²) in [7, 11) is -1.98. The lowest BCUT2D eigenvalue weighted by atomic mass is 10.2. The number of ether oxygens (including phenoxy) is 1. The maximum Gasteiger partial charge on any atom is 0.469 e. The minimum atomic E-state index is -4.77. The van der Waals surface area contributed by atoms with Crippen LogP contribution in [0.15, 0.2) is 15.9 Å². The Bertz CT molecular complexity index is 972. The molecule has 0 aliphatic carbocycles. The van der Waals surface area contributed by atoms with Crippen molar-refractivity contribution in [3.8, 4) is 0 Å². The molecule has 3 rings (SSSR count). The minimum Gasteiger partial charge on any atom is -0.394 e. The van der Waals surface area contributed by atoms with E-state index in [1.165, 1.54) is 29.6 Å². The molecule has 1 saturated heterocycles. The molecule has 2 aromatic heterocycles. The minimum absolute atomic E-state index is 0.00873. The van der Waals surface area contributed by atoms with E-state index in [0.717, 1.165) is 4.57 Å². The summed E-state index contributed by atoms with van der Waals surface area (Å²) in [6.07, 6.45) is -1.57. The molecule has 12 nitrogen and oxygen atoms in total. The highest BCUT2D eigenvalue weighted by atomic mass is 31.2. The lowest BCUT2D eigenvalue weighted by molar-refractivity contribution is -0.0427. The first-order chi connectivity index (χ1) is 11.6. The molecule has 3 N–H and O–H groups in total. The average molecular weight is 376 g/mol. The average Bonchev–Trinajstić information content (AvgIpc) is 3.13. The molecule has 1 aliphatic rings. The Kier molecular flexibility index (Phi) is 4.43. The molecule has 0 saturated carbocycles. The summed E-state index contributed by atoms with van der Waals surface area (Å²) in [5.74, 6) is 0. The van der Waals surface area contributed by atoms with Gasteiger partial charge in [0.15, 0.2) is 11.2 Å². The van der Waals surface area contributed by atoms with Crippen LogP contribution in [-0.4, -0.2) is 52.4 Å². The van der Waals surface area contributed by atoms with Gasteiger partial charge in [0.25, 0.3) is 5.56 Å². The van der Waals surface area contributed by atoms with Crippen LogP contribution < -0.4 is 11.2 Å². The van der Waals surface area contributed by atoms with E-state index in [9.17, 15) is 19.3 Å². The van der Waals surface area contributed by atoms with Crippen LogP contribution in [0, 0.1) is 0 Å². The van der Waals surface area contributed by atoms with Gasteiger partial charge in [0, 0.05) is 20.5 Å². The first-order valence-corrected chi connectivity index (χ1v) is 8.80. The van der Waals surface area contributed by atoms with Gasteiger partial charge in [0.1, 0.15) is 18.4 Å². The number of aryl methyl sites for hydroxylation is 1. The van der Waals surface area contributed by atoms with E-state index in [1.54, 1.807) is 0 Å². The highest BCUT2D eigenvalue weighted by molar-refractivity contribution is 7.46. The van der Waals surface area contributed by atoms with Gasteiger partial charge in [0.05, 0.1) is 12.9 Å². The van der Waals surface area contributed by atoms with E-state index in [0.29, 0.717) is 0 Å². The van der Waals surface area contributed by atoms with Crippen molar-refractivity contribution in [2.24, 2.45) is 14.1 Å². The third-order valence-corrected chi connectivity index (χ3v) is 4.66. The summed E-state index contributed by atoms with van der Waals surface area (Å²) < 4.78 is 24.8. The van der Waals surface area contributed by atoms with Crippen molar-refractivity contribution in [2.45, 2.75) is 24.9 Å². The van der Waals surface area contributed by atoms with Crippen LogP contribution in [-0.2, 0) is 27.9 Å². The summed E-state index contributed by atoms with van der Waals surface area (Å²) in [6, 6.07) is 0. The summed E-state index contributed by atoms with van der Waals surface area (Å²) in [5, 5.41) is 9.35. The number of rotatable bonds is 4.